The van der Waals surface area contributed by atoms with E-state index in [1.165, 1.54) is 41.1 Å². The summed E-state index contributed by atoms with van der Waals surface area (Å²) in [4.78, 5) is 20.7. The largest absolute Gasteiger partial charge is 0.465 e. The summed E-state index contributed by atoms with van der Waals surface area (Å²) in [5, 5.41) is 11.1. The van der Waals surface area contributed by atoms with Gasteiger partial charge in [0.15, 0.2) is 0 Å². The number of amides is 1. The van der Waals surface area contributed by atoms with Crippen LogP contribution in [-0.2, 0) is 16.1 Å². The van der Waals surface area contributed by atoms with Crippen LogP contribution in [0.1, 0.15) is 21.6 Å². The summed E-state index contributed by atoms with van der Waals surface area (Å²) < 4.78 is 53.3. The van der Waals surface area contributed by atoms with Crippen molar-refractivity contribution >= 4 is 11.6 Å². The molecule has 4 rings (SSSR count). The van der Waals surface area contributed by atoms with Crippen molar-refractivity contribution in [2.45, 2.75) is 18.7 Å². The Morgan fingerprint density at radius 3 is 2.63 bits per heavy atom. The second-order valence-electron chi connectivity index (χ2n) is 7.35. The van der Waals surface area contributed by atoms with Crippen molar-refractivity contribution in [1.82, 2.24) is 19.7 Å². The number of methoxy groups -OCH3 is 1. The molecule has 11 heteroatoms. The average Bonchev–Trinajstić information content (AvgIpc) is 3.28. The maximum Gasteiger partial charge on any atom is 0.465 e. The van der Waals surface area contributed by atoms with Crippen molar-refractivity contribution in [2.75, 3.05) is 7.11 Å². The molecule has 0 radical (unpaired) electrons. The number of ether oxygens (including phenoxy) is 2. The normalized spacial score (nSPS) is 13.2. The number of halogens is 3. The van der Waals surface area contributed by atoms with E-state index in [0.717, 1.165) is 7.11 Å². The smallest absolute Gasteiger partial charge is 0.329 e. The summed E-state index contributed by atoms with van der Waals surface area (Å²) in [6.45, 7) is -0.584. The first kappa shape index (κ1) is 23.9. The zero-order valence-corrected chi connectivity index (χ0v) is 18.3. The lowest BCUT2D eigenvalue weighted by atomic mass is 10.0. The van der Waals surface area contributed by atoms with Crippen LogP contribution in [0.15, 0.2) is 73.3 Å². The molecule has 0 spiro atoms. The van der Waals surface area contributed by atoms with Crippen LogP contribution in [0.4, 0.5) is 13.2 Å². The summed E-state index contributed by atoms with van der Waals surface area (Å²) in [6.07, 6.45) is 0.903. The Bertz CT molecular complexity index is 1400. The molecule has 0 saturated heterocycles. The van der Waals surface area contributed by atoms with E-state index < -0.39 is 24.6 Å². The number of rotatable bonds is 7. The highest BCUT2D eigenvalue weighted by Gasteiger charge is 2.59. The molecule has 4 aromatic rings. The van der Waals surface area contributed by atoms with Crippen LogP contribution in [0.2, 0.25) is 0 Å². The van der Waals surface area contributed by atoms with Crippen molar-refractivity contribution in [3.63, 3.8) is 0 Å². The van der Waals surface area contributed by atoms with Crippen molar-refractivity contribution in [3.05, 3.63) is 90.1 Å². The van der Waals surface area contributed by atoms with Gasteiger partial charge in [-0.1, -0.05) is 18.2 Å². The lowest BCUT2D eigenvalue weighted by molar-refractivity contribution is -0.386. The van der Waals surface area contributed by atoms with Gasteiger partial charge in [-0.15, -0.1) is 0 Å². The third kappa shape index (κ3) is 4.70. The van der Waals surface area contributed by atoms with E-state index in [4.69, 9.17) is 4.74 Å². The molecule has 178 valence electrons. The minimum absolute atomic E-state index is 0.0104. The number of imidazole rings is 1. The van der Waals surface area contributed by atoms with Crippen LogP contribution in [0, 0.1) is 11.3 Å². The van der Waals surface area contributed by atoms with Gasteiger partial charge in [0.2, 0.25) is 0 Å². The summed E-state index contributed by atoms with van der Waals surface area (Å²) in [5.41, 5.74) is 2.38. The first-order valence-corrected chi connectivity index (χ1v) is 10.2. The van der Waals surface area contributed by atoms with Crippen LogP contribution >= 0.6 is 0 Å². The Morgan fingerprint density at radius 2 is 1.94 bits per heavy atom. The fraction of sp³-hybridized carbons (Fsp3) is 0.167. The molecule has 0 aliphatic rings. The Balaban J connectivity index is 1.60. The molecule has 0 fully saturated rings. The summed E-state index contributed by atoms with van der Waals surface area (Å²) in [7, 11) is 0.792. The number of carbonyl (C=O) groups is 1. The highest BCUT2D eigenvalue weighted by molar-refractivity contribution is 5.94. The lowest BCUT2D eigenvalue weighted by Crippen LogP contribution is -2.62. The van der Waals surface area contributed by atoms with Crippen LogP contribution < -0.4 is 5.32 Å². The predicted molar refractivity (Wildman–Crippen MR) is 118 cm³/mol. The fourth-order valence-electron chi connectivity index (χ4n) is 3.43. The quantitative estimate of drug-likeness (QED) is 0.399. The molecule has 3 heterocycles. The number of alkyl halides is 3. The lowest BCUT2D eigenvalue weighted by Gasteiger charge is -2.34. The molecule has 1 N–H and O–H groups in total. The molecule has 1 unspecified atom stereocenters. The molecule has 0 aliphatic heterocycles. The number of hydrogen-bond donors (Lipinski definition) is 1. The van der Waals surface area contributed by atoms with Crippen LogP contribution in [0.3, 0.4) is 0 Å². The maximum absolute atomic E-state index is 14.0. The molecule has 0 saturated carbocycles. The van der Waals surface area contributed by atoms with E-state index in [1.54, 1.807) is 36.7 Å². The van der Waals surface area contributed by atoms with Crippen molar-refractivity contribution < 1.29 is 27.4 Å². The Morgan fingerprint density at radius 1 is 1.17 bits per heavy atom. The van der Waals surface area contributed by atoms with Gasteiger partial charge >= 0.3 is 12.1 Å². The number of fused-ring (bicyclic) bond motifs is 1. The third-order valence-corrected chi connectivity index (χ3v) is 5.24. The Labute approximate surface area is 197 Å². The molecule has 35 heavy (non-hydrogen) atoms. The van der Waals surface area contributed by atoms with Gasteiger partial charge in [-0.3, -0.25) is 15.1 Å². The van der Waals surface area contributed by atoms with Gasteiger partial charge < -0.3 is 13.9 Å². The number of aromatic nitrogens is 3. The minimum Gasteiger partial charge on any atom is -0.329 e. The second kappa shape index (κ2) is 9.54. The van der Waals surface area contributed by atoms with Gasteiger partial charge in [-0.05, 0) is 35.9 Å². The first-order chi connectivity index (χ1) is 16.8. The highest BCUT2D eigenvalue weighted by Crippen LogP contribution is 2.34. The molecule has 3 aromatic heterocycles. The van der Waals surface area contributed by atoms with Crippen LogP contribution in [0.5, 0.6) is 0 Å². The summed E-state index contributed by atoms with van der Waals surface area (Å²) in [6, 6.07) is 14.4. The van der Waals surface area contributed by atoms with E-state index in [0.29, 0.717) is 22.3 Å². The second-order valence-corrected chi connectivity index (χ2v) is 7.35. The number of benzene rings is 1. The number of hydrogen-bond acceptors (Lipinski definition) is 6. The standard InChI is InChI=1S/C24H18F3N5O3/c1-34-24(23(25,26)27,31-22(33)16-5-3-2-4-6-16)35-15-19-13-30-21-11-17(8-10-32(19)21)20-14-29-9-7-18(20)12-28/h2-11,13-14H,15H2,1H3,(H,31,33). The van der Waals surface area contributed by atoms with Gasteiger partial charge in [0, 0.05) is 36.8 Å². The number of nitriles is 1. The number of nitrogens with one attached hydrogen (secondary N) is 1. The van der Waals surface area contributed by atoms with Crippen molar-refractivity contribution in [2.24, 2.45) is 0 Å². The van der Waals surface area contributed by atoms with Crippen LogP contribution in [0.25, 0.3) is 16.8 Å². The van der Waals surface area contributed by atoms with Gasteiger partial charge in [0.1, 0.15) is 5.65 Å². The molecule has 8 nitrogen and oxygen atoms in total. The van der Waals surface area contributed by atoms with Crippen LogP contribution in [-0.4, -0.2) is 39.5 Å². The molecule has 0 bridgehead atoms. The van der Waals surface area contributed by atoms with E-state index >= 15 is 0 Å². The SMILES string of the molecule is COC(NC(=O)c1ccccc1)(OCc1cnc2cc(-c3cnccc3C#N)ccn12)C(F)(F)F. The Hall–Kier alpha value is -4.27. The van der Waals surface area contributed by atoms with E-state index in [-0.39, 0.29) is 11.3 Å². The molecular formula is C24H18F3N5O3. The molecule has 1 atom stereocenters. The van der Waals surface area contributed by atoms with E-state index in [2.05, 4.69) is 20.8 Å². The van der Waals surface area contributed by atoms with Gasteiger partial charge in [0.05, 0.1) is 30.1 Å². The third-order valence-electron chi connectivity index (χ3n) is 5.24. The van der Waals surface area contributed by atoms with E-state index in [1.807, 2.05) is 5.32 Å². The highest BCUT2D eigenvalue weighted by atomic mass is 19.4. The molecule has 0 aliphatic carbocycles. The molecule has 1 aromatic carbocycles. The zero-order chi connectivity index (χ0) is 25.1. The summed E-state index contributed by atoms with van der Waals surface area (Å²) >= 11 is 0. The number of carbonyl (C=O) groups excluding carboxylic acids is 1. The average molecular weight is 481 g/mol. The predicted octanol–water partition coefficient (Wildman–Crippen LogP) is 4.08. The Kier molecular flexibility index (Phi) is 6.50. The summed E-state index contributed by atoms with van der Waals surface area (Å²) in [5.74, 6) is -4.40. The molecular weight excluding hydrogens is 463 g/mol. The van der Waals surface area contributed by atoms with Gasteiger partial charge in [-0.25, -0.2) is 4.98 Å². The number of pyridine rings is 2. The van der Waals surface area contributed by atoms with Gasteiger partial charge in [-0.2, -0.15) is 18.4 Å². The van der Waals surface area contributed by atoms with E-state index in [9.17, 15) is 23.2 Å². The van der Waals surface area contributed by atoms with Crippen molar-refractivity contribution in [1.29, 1.82) is 5.26 Å². The maximum atomic E-state index is 14.0. The minimum atomic E-state index is -5.09. The topological polar surface area (TPSA) is 102 Å². The van der Waals surface area contributed by atoms with Gasteiger partial charge in [0.25, 0.3) is 5.91 Å². The number of nitrogens with zero attached hydrogens (tertiary/aromatic N) is 4. The fourth-order valence-corrected chi connectivity index (χ4v) is 3.43. The first-order valence-electron chi connectivity index (χ1n) is 10.2. The van der Waals surface area contributed by atoms with Crippen molar-refractivity contribution in [3.8, 4) is 17.2 Å². The zero-order valence-electron chi connectivity index (χ0n) is 18.3. The molecule has 1 amide bonds. The monoisotopic (exact) mass is 481 g/mol.